The SMILES string of the molecule is Cn1nncc1C1CC(Br)CCC1(C)C. The highest BCUT2D eigenvalue weighted by Crippen LogP contribution is 2.48. The molecule has 1 aliphatic rings. The van der Waals surface area contributed by atoms with Crippen molar-refractivity contribution >= 4 is 15.9 Å². The zero-order chi connectivity index (χ0) is 11.1. The molecular formula is C11H18BrN3. The molecule has 2 rings (SSSR count). The van der Waals surface area contributed by atoms with Gasteiger partial charge in [0.25, 0.3) is 0 Å². The van der Waals surface area contributed by atoms with Gasteiger partial charge in [0.2, 0.25) is 0 Å². The second-order valence-electron chi connectivity index (χ2n) is 5.20. The minimum Gasteiger partial charge on any atom is -0.252 e. The van der Waals surface area contributed by atoms with E-state index >= 15 is 0 Å². The fourth-order valence-corrected chi connectivity index (χ4v) is 3.13. The Morgan fingerprint density at radius 2 is 2.27 bits per heavy atom. The largest absolute Gasteiger partial charge is 0.252 e. The Kier molecular flexibility index (Phi) is 2.88. The van der Waals surface area contributed by atoms with Crippen LogP contribution in [0.15, 0.2) is 6.20 Å². The van der Waals surface area contributed by atoms with Crippen LogP contribution in [0.1, 0.15) is 44.7 Å². The van der Waals surface area contributed by atoms with Crippen molar-refractivity contribution in [3.05, 3.63) is 11.9 Å². The zero-order valence-corrected chi connectivity index (χ0v) is 11.2. The van der Waals surface area contributed by atoms with Crippen molar-refractivity contribution in [2.45, 2.75) is 43.9 Å². The van der Waals surface area contributed by atoms with E-state index in [9.17, 15) is 0 Å². The monoisotopic (exact) mass is 271 g/mol. The van der Waals surface area contributed by atoms with Gasteiger partial charge in [-0.05, 0) is 24.7 Å². The third-order valence-electron chi connectivity index (χ3n) is 3.64. The summed E-state index contributed by atoms with van der Waals surface area (Å²) in [7, 11) is 1.98. The molecule has 0 saturated heterocycles. The molecule has 0 bridgehead atoms. The maximum atomic E-state index is 4.03. The molecule has 0 amide bonds. The molecular weight excluding hydrogens is 254 g/mol. The number of hydrogen-bond donors (Lipinski definition) is 0. The smallest absolute Gasteiger partial charge is 0.0728 e. The Morgan fingerprint density at radius 3 is 2.87 bits per heavy atom. The van der Waals surface area contributed by atoms with Gasteiger partial charge in [-0.15, -0.1) is 5.10 Å². The average molecular weight is 272 g/mol. The molecule has 1 aliphatic carbocycles. The van der Waals surface area contributed by atoms with E-state index in [1.54, 1.807) is 0 Å². The first-order valence-electron chi connectivity index (χ1n) is 5.49. The molecule has 0 radical (unpaired) electrons. The Labute approximate surface area is 99.4 Å². The predicted molar refractivity (Wildman–Crippen MR) is 64.1 cm³/mol. The molecule has 0 aromatic carbocycles. The lowest BCUT2D eigenvalue weighted by molar-refractivity contribution is 0.198. The van der Waals surface area contributed by atoms with Gasteiger partial charge < -0.3 is 0 Å². The summed E-state index contributed by atoms with van der Waals surface area (Å²) in [4.78, 5) is 0.644. The van der Waals surface area contributed by atoms with Gasteiger partial charge in [-0.2, -0.15) is 0 Å². The van der Waals surface area contributed by atoms with Gasteiger partial charge in [-0.3, -0.25) is 4.68 Å². The molecule has 15 heavy (non-hydrogen) atoms. The van der Waals surface area contributed by atoms with Gasteiger partial charge in [0.05, 0.1) is 11.9 Å². The first-order valence-corrected chi connectivity index (χ1v) is 6.41. The fraction of sp³-hybridized carbons (Fsp3) is 0.818. The lowest BCUT2D eigenvalue weighted by Gasteiger charge is -2.40. The van der Waals surface area contributed by atoms with E-state index in [2.05, 4.69) is 40.1 Å². The van der Waals surface area contributed by atoms with Gasteiger partial charge in [0.1, 0.15) is 0 Å². The van der Waals surface area contributed by atoms with Crippen LogP contribution in [0.4, 0.5) is 0 Å². The minimum absolute atomic E-state index is 0.361. The standard InChI is InChI=1S/C11H18BrN3/c1-11(2)5-4-8(12)6-9(11)10-7-13-14-15(10)3/h7-9H,4-6H2,1-3H3. The predicted octanol–water partition coefficient (Wildman–Crippen LogP) is 2.87. The summed E-state index contributed by atoms with van der Waals surface area (Å²) in [6.07, 6.45) is 5.64. The average Bonchev–Trinajstić information content (AvgIpc) is 2.56. The van der Waals surface area contributed by atoms with Crippen LogP contribution in [0.3, 0.4) is 0 Å². The molecule has 3 nitrogen and oxygen atoms in total. The maximum absolute atomic E-state index is 4.03. The summed E-state index contributed by atoms with van der Waals surface area (Å²) in [5, 5.41) is 8.02. The number of aromatic nitrogens is 3. The summed E-state index contributed by atoms with van der Waals surface area (Å²) < 4.78 is 1.91. The minimum atomic E-state index is 0.361. The Hall–Kier alpha value is -0.380. The number of alkyl halides is 1. The lowest BCUT2D eigenvalue weighted by atomic mass is 9.67. The molecule has 1 heterocycles. The molecule has 2 unspecified atom stereocenters. The second-order valence-corrected chi connectivity index (χ2v) is 6.49. The maximum Gasteiger partial charge on any atom is 0.0728 e. The molecule has 0 spiro atoms. The first kappa shape index (κ1) is 11.1. The molecule has 0 aliphatic heterocycles. The van der Waals surface area contributed by atoms with Crippen molar-refractivity contribution in [3.8, 4) is 0 Å². The summed E-state index contributed by atoms with van der Waals surface area (Å²) in [5.41, 5.74) is 1.63. The molecule has 2 atom stereocenters. The number of rotatable bonds is 1. The van der Waals surface area contributed by atoms with E-state index in [1.165, 1.54) is 25.0 Å². The topological polar surface area (TPSA) is 30.7 Å². The molecule has 1 saturated carbocycles. The van der Waals surface area contributed by atoms with Crippen molar-refractivity contribution in [2.24, 2.45) is 12.5 Å². The number of hydrogen-bond acceptors (Lipinski definition) is 2. The zero-order valence-electron chi connectivity index (χ0n) is 9.57. The fourth-order valence-electron chi connectivity index (χ4n) is 2.53. The van der Waals surface area contributed by atoms with Crippen molar-refractivity contribution in [2.75, 3.05) is 0 Å². The van der Waals surface area contributed by atoms with Crippen LogP contribution in [-0.2, 0) is 7.05 Å². The summed E-state index contributed by atoms with van der Waals surface area (Å²) in [5.74, 6) is 0.565. The number of nitrogens with zero attached hydrogens (tertiary/aromatic N) is 3. The van der Waals surface area contributed by atoms with Crippen LogP contribution in [0, 0.1) is 5.41 Å². The second kappa shape index (κ2) is 3.89. The third kappa shape index (κ3) is 2.10. The molecule has 1 fully saturated rings. The normalized spacial score (nSPS) is 30.4. The highest BCUT2D eigenvalue weighted by molar-refractivity contribution is 9.09. The Balaban J connectivity index is 2.29. The van der Waals surface area contributed by atoms with Crippen LogP contribution in [0.25, 0.3) is 0 Å². The van der Waals surface area contributed by atoms with E-state index in [4.69, 9.17) is 0 Å². The first-order chi connectivity index (χ1) is 7.00. The van der Waals surface area contributed by atoms with E-state index in [-0.39, 0.29) is 0 Å². The summed E-state index contributed by atoms with van der Waals surface area (Å²) in [6, 6.07) is 0. The van der Waals surface area contributed by atoms with Gasteiger partial charge in [0, 0.05) is 17.8 Å². The molecule has 1 aromatic heterocycles. The van der Waals surface area contributed by atoms with Crippen LogP contribution >= 0.6 is 15.9 Å². The van der Waals surface area contributed by atoms with Crippen molar-refractivity contribution in [3.63, 3.8) is 0 Å². The highest BCUT2D eigenvalue weighted by Gasteiger charge is 2.38. The summed E-state index contributed by atoms with van der Waals surface area (Å²) >= 11 is 3.74. The van der Waals surface area contributed by atoms with Gasteiger partial charge in [-0.25, -0.2) is 0 Å². The number of aryl methyl sites for hydroxylation is 1. The van der Waals surface area contributed by atoms with Crippen LogP contribution in [-0.4, -0.2) is 19.8 Å². The highest BCUT2D eigenvalue weighted by atomic mass is 79.9. The molecule has 4 heteroatoms. The van der Waals surface area contributed by atoms with Crippen LogP contribution in [0.5, 0.6) is 0 Å². The van der Waals surface area contributed by atoms with Gasteiger partial charge in [0.15, 0.2) is 0 Å². The molecule has 0 N–H and O–H groups in total. The van der Waals surface area contributed by atoms with E-state index in [0.29, 0.717) is 16.2 Å². The molecule has 84 valence electrons. The summed E-state index contributed by atoms with van der Waals surface area (Å²) in [6.45, 7) is 4.70. The third-order valence-corrected chi connectivity index (χ3v) is 4.47. The van der Waals surface area contributed by atoms with Crippen molar-refractivity contribution < 1.29 is 0 Å². The van der Waals surface area contributed by atoms with E-state index in [0.717, 1.165) is 0 Å². The van der Waals surface area contributed by atoms with Crippen LogP contribution in [0.2, 0.25) is 0 Å². The van der Waals surface area contributed by atoms with Crippen molar-refractivity contribution in [1.29, 1.82) is 0 Å². The van der Waals surface area contributed by atoms with E-state index < -0.39 is 0 Å². The van der Waals surface area contributed by atoms with Crippen LogP contribution < -0.4 is 0 Å². The quantitative estimate of drug-likeness (QED) is 0.736. The Bertz CT molecular complexity index is 345. The lowest BCUT2D eigenvalue weighted by Crippen LogP contribution is -2.31. The number of halogens is 1. The van der Waals surface area contributed by atoms with E-state index in [1.807, 2.05) is 17.9 Å². The van der Waals surface area contributed by atoms with Gasteiger partial charge >= 0.3 is 0 Å². The Morgan fingerprint density at radius 1 is 1.53 bits per heavy atom. The molecule has 1 aromatic rings. The van der Waals surface area contributed by atoms with Crippen molar-refractivity contribution in [1.82, 2.24) is 15.0 Å². The van der Waals surface area contributed by atoms with Gasteiger partial charge in [-0.1, -0.05) is 35.0 Å².